The summed E-state index contributed by atoms with van der Waals surface area (Å²) in [5.41, 5.74) is 16.3. The number of benzene rings is 2. The van der Waals surface area contributed by atoms with E-state index in [4.69, 9.17) is 11.5 Å². The third kappa shape index (κ3) is 2.86. The first-order valence-corrected chi connectivity index (χ1v) is 6.67. The van der Waals surface area contributed by atoms with Gasteiger partial charge in [-0.2, -0.15) is 0 Å². The van der Waals surface area contributed by atoms with E-state index in [0.717, 1.165) is 5.56 Å². The number of hydrogen-bond donors (Lipinski definition) is 2. The van der Waals surface area contributed by atoms with E-state index in [1.807, 2.05) is 0 Å². The van der Waals surface area contributed by atoms with E-state index >= 15 is 0 Å². The van der Waals surface area contributed by atoms with Gasteiger partial charge in [-0.3, -0.25) is 0 Å². The van der Waals surface area contributed by atoms with Gasteiger partial charge in [-0.15, -0.1) is 0 Å². The molecule has 19 heavy (non-hydrogen) atoms. The van der Waals surface area contributed by atoms with Crippen molar-refractivity contribution in [2.45, 2.75) is 32.4 Å². The monoisotopic (exact) mass is 254 g/mol. The quantitative estimate of drug-likeness (QED) is 0.881. The van der Waals surface area contributed by atoms with Crippen molar-refractivity contribution in [3.63, 3.8) is 0 Å². The van der Waals surface area contributed by atoms with Crippen LogP contribution in [0.1, 0.15) is 36.1 Å². The first-order chi connectivity index (χ1) is 9.07. The maximum Gasteiger partial charge on any atom is 0.0178 e. The van der Waals surface area contributed by atoms with Crippen molar-refractivity contribution in [3.8, 4) is 0 Å². The molecule has 0 bridgehead atoms. The summed E-state index contributed by atoms with van der Waals surface area (Å²) in [6, 6.07) is 17.0. The summed E-state index contributed by atoms with van der Waals surface area (Å²) in [7, 11) is 0. The highest BCUT2D eigenvalue weighted by atomic mass is 14.5. The average molecular weight is 254 g/mol. The largest absolute Gasteiger partial charge is 0.326 e. The zero-order valence-electron chi connectivity index (χ0n) is 11.7. The number of rotatable bonds is 4. The fourth-order valence-electron chi connectivity index (χ4n) is 2.31. The van der Waals surface area contributed by atoms with Gasteiger partial charge in [-0.05, 0) is 22.3 Å². The van der Waals surface area contributed by atoms with Crippen LogP contribution in [0.2, 0.25) is 0 Å². The van der Waals surface area contributed by atoms with Crippen LogP contribution in [0, 0.1) is 0 Å². The van der Waals surface area contributed by atoms with Crippen LogP contribution in [0.5, 0.6) is 0 Å². The molecule has 0 fully saturated rings. The third-order valence-corrected chi connectivity index (χ3v) is 3.80. The van der Waals surface area contributed by atoms with Gasteiger partial charge in [-0.1, -0.05) is 62.4 Å². The summed E-state index contributed by atoms with van der Waals surface area (Å²) >= 11 is 0. The molecule has 0 radical (unpaired) electrons. The Balaban J connectivity index is 2.38. The second-order valence-electron chi connectivity index (χ2n) is 5.43. The minimum absolute atomic E-state index is 0.0295. The smallest absolute Gasteiger partial charge is 0.0178 e. The van der Waals surface area contributed by atoms with Gasteiger partial charge < -0.3 is 11.5 Å². The van der Waals surface area contributed by atoms with Gasteiger partial charge in [0.2, 0.25) is 0 Å². The lowest BCUT2D eigenvalue weighted by Crippen LogP contribution is -2.19. The standard InChI is InChI=1S/C17H22N2/c1-17(2,15-8-6-13(11-18)7-9-15)16-5-3-4-14(10-16)12-19/h3-10H,11-12,18-19H2,1-2H3. The van der Waals surface area contributed by atoms with Crippen molar-refractivity contribution in [3.05, 3.63) is 70.8 Å². The van der Waals surface area contributed by atoms with E-state index in [1.165, 1.54) is 16.7 Å². The lowest BCUT2D eigenvalue weighted by molar-refractivity contribution is 0.639. The van der Waals surface area contributed by atoms with Crippen LogP contribution in [0.15, 0.2) is 48.5 Å². The van der Waals surface area contributed by atoms with Gasteiger partial charge in [0, 0.05) is 18.5 Å². The molecule has 0 saturated heterocycles. The predicted octanol–water partition coefficient (Wildman–Crippen LogP) is 2.93. The molecule has 100 valence electrons. The first kappa shape index (κ1) is 13.8. The van der Waals surface area contributed by atoms with Crippen LogP contribution in [0.25, 0.3) is 0 Å². The molecule has 0 spiro atoms. The Kier molecular flexibility index (Phi) is 4.03. The molecule has 0 heterocycles. The molecule has 0 aliphatic carbocycles. The molecule has 0 atom stereocenters. The van der Waals surface area contributed by atoms with Gasteiger partial charge in [0.25, 0.3) is 0 Å². The van der Waals surface area contributed by atoms with Gasteiger partial charge in [-0.25, -0.2) is 0 Å². The Hall–Kier alpha value is -1.64. The Morgan fingerprint density at radius 1 is 0.789 bits per heavy atom. The zero-order valence-corrected chi connectivity index (χ0v) is 11.7. The van der Waals surface area contributed by atoms with Crippen LogP contribution in [0.4, 0.5) is 0 Å². The first-order valence-electron chi connectivity index (χ1n) is 6.67. The fraction of sp³-hybridized carbons (Fsp3) is 0.294. The van der Waals surface area contributed by atoms with E-state index in [-0.39, 0.29) is 5.41 Å². The van der Waals surface area contributed by atoms with Crippen molar-refractivity contribution in [2.24, 2.45) is 11.5 Å². The van der Waals surface area contributed by atoms with Crippen LogP contribution in [0.3, 0.4) is 0 Å². The molecule has 0 aromatic heterocycles. The van der Waals surface area contributed by atoms with E-state index in [2.05, 4.69) is 62.4 Å². The molecule has 2 aromatic carbocycles. The summed E-state index contributed by atoms with van der Waals surface area (Å²) in [4.78, 5) is 0. The van der Waals surface area contributed by atoms with Crippen LogP contribution in [-0.4, -0.2) is 0 Å². The summed E-state index contributed by atoms with van der Waals surface area (Å²) in [6.45, 7) is 5.64. The molecule has 2 rings (SSSR count). The third-order valence-electron chi connectivity index (χ3n) is 3.80. The van der Waals surface area contributed by atoms with Crippen molar-refractivity contribution < 1.29 is 0 Å². The molecule has 2 nitrogen and oxygen atoms in total. The van der Waals surface area contributed by atoms with E-state index in [0.29, 0.717) is 13.1 Å². The van der Waals surface area contributed by atoms with E-state index in [1.54, 1.807) is 0 Å². The molecule has 2 heteroatoms. The normalized spacial score (nSPS) is 11.6. The van der Waals surface area contributed by atoms with Crippen molar-refractivity contribution in [1.82, 2.24) is 0 Å². The van der Waals surface area contributed by atoms with E-state index in [9.17, 15) is 0 Å². The zero-order chi connectivity index (χ0) is 13.9. The molecular formula is C17H22N2. The predicted molar refractivity (Wildman–Crippen MR) is 80.8 cm³/mol. The van der Waals surface area contributed by atoms with Crippen molar-refractivity contribution in [2.75, 3.05) is 0 Å². The fourth-order valence-corrected chi connectivity index (χ4v) is 2.31. The van der Waals surface area contributed by atoms with Gasteiger partial charge in [0.15, 0.2) is 0 Å². The lowest BCUT2D eigenvalue weighted by Gasteiger charge is -2.27. The molecule has 4 N–H and O–H groups in total. The summed E-state index contributed by atoms with van der Waals surface area (Å²) in [5.74, 6) is 0. The van der Waals surface area contributed by atoms with E-state index < -0.39 is 0 Å². The van der Waals surface area contributed by atoms with Gasteiger partial charge in [0.1, 0.15) is 0 Å². The number of nitrogens with two attached hydrogens (primary N) is 2. The Morgan fingerprint density at radius 2 is 1.42 bits per heavy atom. The minimum atomic E-state index is -0.0295. The van der Waals surface area contributed by atoms with Crippen LogP contribution >= 0.6 is 0 Å². The Bertz CT molecular complexity index is 541. The van der Waals surface area contributed by atoms with Crippen LogP contribution < -0.4 is 11.5 Å². The lowest BCUT2D eigenvalue weighted by atomic mass is 9.77. The Labute approximate surface area is 115 Å². The molecule has 2 aromatic rings. The maximum absolute atomic E-state index is 5.72. The maximum atomic E-state index is 5.72. The second-order valence-corrected chi connectivity index (χ2v) is 5.43. The highest BCUT2D eigenvalue weighted by Gasteiger charge is 2.22. The van der Waals surface area contributed by atoms with Gasteiger partial charge in [0.05, 0.1) is 0 Å². The summed E-state index contributed by atoms with van der Waals surface area (Å²) in [6.07, 6.45) is 0. The van der Waals surface area contributed by atoms with Crippen LogP contribution in [-0.2, 0) is 18.5 Å². The average Bonchev–Trinajstić information content (AvgIpc) is 2.47. The van der Waals surface area contributed by atoms with Gasteiger partial charge >= 0.3 is 0 Å². The second kappa shape index (κ2) is 5.55. The summed E-state index contributed by atoms with van der Waals surface area (Å²) < 4.78 is 0. The summed E-state index contributed by atoms with van der Waals surface area (Å²) in [5, 5.41) is 0. The molecule has 0 saturated carbocycles. The molecule has 0 aliphatic heterocycles. The molecule has 0 unspecified atom stereocenters. The van der Waals surface area contributed by atoms with Crippen molar-refractivity contribution >= 4 is 0 Å². The highest BCUT2D eigenvalue weighted by Crippen LogP contribution is 2.31. The molecular weight excluding hydrogens is 232 g/mol. The molecule has 0 aliphatic rings. The molecule has 0 amide bonds. The Morgan fingerprint density at radius 3 is 2.00 bits per heavy atom. The minimum Gasteiger partial charge on any atom is -0.326 e. The van der Waals surface area contributed by atoms with Crippen molar-refractivity contribution in [1.29, 1.82) is 0 Å². The number of hydrogen-bond acceptors (Lipinski definition) is 2. The highest BCUT2D eigenvalue weighted by molar-refractivity contribution is 5.40. The topological polar surface area (TPSA) is 52.0 Å². The SMILES string of the molecule is CC(C)(c1ccc(CN)cc1)c1cccc(CN)c1.